The molecule has 0 saturated heterocycles. The number of hydrogen-bond acceptors (Lipinski definition) is 5. The normalized spacial score (nSPS) is 16.8. The molecule has 2 unspecified atom stereocenters. The van der Waals surface area contributed by atoms with Crippen LogP contribution in [-0.4, -0.2) is 22.1 Å². The molecule has 140 valence electrons. The Hall–Kier alpha value is -3.48. The number of carbonyl (C=O) groups is 1. The van der Waals surface area contributed by atoms with Crippen molar-refractivity contribution in [2.24, 2.45) is 0 Å². The van der Waals surface area contributed by atoms with Crippen LogP contribution in [0.15, 0.2) is 85.2 Å². The van der Waals surface area contributed by atoms with Crippen molar-refractivity contribution in [2.75, 3.05) is 5.32 Å². The van der Waals surface area contributed by atoms with Gasteiger partial charge in [-0.2, -0.15) is 0 Å². The first-order chi connectivity index (χ1) is 13.7. The molecule has 0 fully saturated rings. The highest BCUT2D eigenvalue weighted by Crippen LogP contribution is 2.23. The van der Waals surface area contributed by atoms with Crippen molar-refractivity contribution < 1.29 is 14.7 Å². The second-order valence-corrected chi connectivity index (χ2v) is 6.39. The van der Waals surface area contributed by atoms with Crippen LogP contribution in [0.5, 0.6) is 0 Å². The van der Waals surface area contributed by atoms with E-state index >= 15 is 0 Å². The van der Waals surface area contributed by atoms with E-state index in [4.69, 9.17) is 4.84 Å². The summed E-state index contributed by atoms with van der Waals surface area (Å²) in [4.78, 5) is 21.9. The minimum Gasteiger partial charge on any atom is -0.384 e. The van der Waals surface area contributed by atoms with E-state index in [9.17, 15) is 9.90 Å². The molecule has 3 N–H and O–H groups in total. The van der Waals surface area contributed by atoms with Gasteiger partial charge in [0.1, 0.15) is 6.10 Å². The smallest absolute Gasteiger partial charge is 0.260 e. The summed E-state index contributed by atoms with van der Waals surface area (Å²) >= 11 is 0. The molecule has 1 aliphatic rings. The third kappa shape index (κ3) is 3.93. The topological polar surface area (TPSA) is 83.5 Å². The van der Waals surface area contributed by atoms with E-state index in [1.165, 1.54) is 0 Å². The molecule has 2 atom stereocenters. The number of pyridine rings is 1. The number of aromatic nitrogens is 1. The van der Waals surface area contributed by atoms with Gasteiger partial charge in [-0.3, -0.25) is 20.1 Å². The number of nitrogens with zero attached hydrogens (tertiary/aromatic N) is 1. The van der Waals surface area contributed by atoms with Gasteiger partial charge < -0.3 is 10.4 Å². The maximum Gasteiger partial charge on any atom is 0.260 e. The number of carbonyl (C=O) groups excluding carboxylic acids is 1. The van der Waals surface area contributed by atoms with Crippen molar-refractivity contribution in [1.82, 2.24) is 10.5 Å². The summed E-state index contributed by atoms with van der Waals surface area (Å²) in [6.07, 6.45) is 3.63. The summed E-state index contributed by atoms with van der Waals surface area (Å²) in [6.45, 7) is 0. The van der Waals surface area contributed by atoms with E-state index in [-0.39, 0.29) is 5.91 Å². The number of anilines is 1. The fraction of sp³-hybridized carbons (Fsp3) is 0.0909. The molecule has 1 aromatic heterocycles. The number of hydroxylamine groups is 1. The third-order valence-corrected chi connectivity index (χ3v) is 4.45. The zero-order valence-electron chi connectivity index (χ0n) is 14.9. The van der Waals surface area contributed by atoms with Crippen LogP contribution in [0.4, 0.5) is 5.69 Å². The highest BCUT2D eigenvalue weighted by Gasteiger charge is 2.24. The maximum atomic E-state index is 12.4. The van der Waals surface area contributed by atoms with Gasteiger partial charge in [-0.15, -0.1) is 0 Å². The van der Waals surface area contributed by atoms with Crippen molar-refractivity contribution in [2.45, 2.75) is 12.2 Å². The molecular formula is C22H19N3O3. The second kappa shape index (κ2) is 8.04. The van der Waals surface area contributed by atoms with Crippen molar-refractivity contribution in [1.29, 1.82) is 0 Å². The van der Waals surface area contributed by atoms with Crippen molar-refractivity contribution >= 4 is 17.3 Å². The van der Waals surface area contributed by atoms with Crippen molar-refractivity contribution in [3.05, 3.63) is 102 Å². The molecule has 2 aromatic carbocycles. The second-order valence-electron chi connectivity index (χ2n) is 6.39. The number of hydrogen-bond donors (Lipinski definition) is 3. The Balaban J connectivity index is 1.41. The summed E-state index contributed by atoms with van der Waals surface area (Å²) in [5, 5.41) is 13.3. The molecular weight excluding hydrogens is 354 g/mol. The molecule has 0 bridgehead atoms. The Kier molecular flexibility index (Phi) is 5.14. The molecule has 0 radical (unpaired) electrons. The van der Waals surface area contributed by atoms with E-state index in [2.05, 4.69) is 15.8 Å². The van der Waals surface area contributed by atoms with Crippen LogP contribution >= 0.6 is 0 Å². The Morgan fingerprint density at radius 3 is 2.50 bits per heavy atom. The SMILES string of the molecule is O=C(Nc1ccc(C(O)c2ccccc2)cc1)C1C=C(c2cccnc2)NO1. The molecule has 0 saturated carbocycles. The Bertz CT molecular complexity index is 973. The minimum atomic E-state index is -0.746. The Morgan fingerprint density at radius 2 is 1.79 bits per heavy atom. The van der Waals surface area contributed by atoms with Crippen LogP contribution in [0, 0.1) is 0 Å². The van der Waals surface area contributed by atoms with Crippen LogP contribution in [0.3, 0.4) is 0 Å². The minimum absolute atomic E-state index is 0.289. The summed E-state index contributed by atoms with van der Waals surface area (Å²) in [5.41, 5.74) is 6.50. The van der Waals surface area contributed by atoms with Gasteiger partial charge in [0, 0.05) is 23.6 Å². The first kappa shape index (κ1) is 17.9. The predicted octanol–water partition coefficient (Wildman–Crippen LogP) is 3.05. The lowest BCUT2D eigenvalue weighted by Crippen LogP contribution is -2.28. The highest BCUT2D eigenvalue weighted by atomic mass is 16.7. The summed E-state index contributed by atoms with van der Waals surface area (Å²) in [7, 11) is 0. The highest BCUT2D eigenvalue weighted by molar-refractivity contribution is 5.97. The standard InChI is InChI=1S/C22H19N3O3/c26-21(15-5-2-1-3-6-15)16-8-10-18(11-9-16)24-22(27)20-13-19(25-28-20)17-7-4-12-23-14-17/h1-14,20-21,25-26H,(H,24,27). The number of benzene rings is 2. The van der Waals surface area contributed by atoms with E-state index in [1.807, 2.05) is 42.5 Å². The summed E-state index contributed by atoms with van der Waals surface area (Å²) < 4.78 is 0. The van der Waals surface area contributed by atoms with Crippen LogP contribution in [0.1, 0.15) is 22.8 Å². The first-order valence-electron chi connectivity index (χ1n) is 8.88. The first-order valence-corrected chi connectivity index (χ1v) is 8.88. The Morgan fingerprint density at radius 1 is 1.04 bits per heavy atom. The average molecular weight is 373 g/mol. The molecule has 4 rings (SSSR count). The lowest BCUT2D eigenvalue weighted by molar-refractivity contribution is -0.125. The van der Waals surface area contributed by atoms with E-state index < -0.39 is 12.2 Å². The molecule has 1 amide bonds. The van der Waals surface area contributed by atoms with Gasteiger partial charge in [0.2, 0.25) is 0 Å². The van der Waals surface area contributed by atoms with Crippen LogP contribution in [0.2, 0.25) is 0 Å². The molecule has 3 aromatic rings. The van der Waals surface area contributed by atoms with Crippen molar-refractivity contribution in [3.8, 4) is 0 Å². The maximum absolute atomic E-state index is 12.4. The number of rotatable bonds is 5. The van der Waals surface area contributed by atoms with Crippen LogP contribution < -0.4 is 10.8 Å². The molecule has 0 spiro atoms. The average Bonchev–Trinajstić information content (AvgIpc) is 3.26. The van der Waals surface area contributed by atoms with Crippen LogP contribution in [0.25, 0.3) is 5.70 Å². The number of aliphatic hydroxyl groups is 1. The summed E-state index contributed by atoms with van der Waals surface area (Å²) in [5.74, 6) is -0.289. The van der Waals surface area contributed by atoms with Gasteiger partial charge >= 0.3 is 0 Å². The van der Waals surface area contributed by atoms with Gasteiger partial charge in [0.25, 0.3) is 5.91 Å². The van der Waals surface area contributed by atoms with Gasteiger partial charge in [-0.05, 0) is 41.5 Å². The molecule has 6 nitrogen and oxygen atoms in total. The van der Waals surface area contributed by atoms with E-state index in [0.717, 1.165) is 16.7 Å². The zero-order valence-corrected chi connectivity index (χ0v) is 14.9. The molecule has 2 heterocycles. The van der Waals surface area contributed by atoms with E-state index in [0.29, 0.717) is 11.4 Å². The number of amides is 1. The lowest BCUT2D eigenvalue weighted by Gasteiger charge is -2.13. The summed E-state index contributed by atoms with van der Waals surface area (Å²) in [6, 6.07) is 20.2. The quantitative estimate of drug-likeness (QED) is 0.640. The monoisotopic (exact) mass is 373 g/mol. The zero-order chi connectivity index (χ0) is 19.3. The molecule has 28 heavy (non-hydrogen) atoms. The van der Waals surface area contributed by atoms with Crippen LogP contribution in [-0.2, 0) is 9.63 Å². The third-order valence-electron chi connectivity index (χ3n) is 4.45. The lowest BCUT2D eigenvalue weighted by atomic mass is 10.0. The molecule has 1 aliphatic heterocycles. The predicted molar refractivity (Wildman–Crippen MR) is 106 cm³/mol. The fourth-order valence-corrected chi connectivity index (χ4v) is 2.94. The van der Waals surface area contributed by atoms with Gasteiger partial charge in [0.15, 0.2) is 6.10 Å². The fourth-order valence-electron chi connectivity index (χ4n) is 2.94. The molecule has 6 heteroatoms. The van der Waals surface area contributed by atoms with Gasteiger partial charge in [0.05, 0.1) is 5.70 Å². The largest absolute Gasteiger partial charge is 0.384 e. The van der Waals surface area contributed by atoms with Gasteiger partial charge in [-0.1, -0.05) is 42.5 Å². The van der Waals surface area contributed by atoms with Gasteiger partial charge in [-0.25, -0.2) is 0 Å². The van der Waals surface area contributed by atoms with E-state index in [1.54, 1.807) is 42.7 Å². The number of nitrogens with one attached hydrogen (secondary N) is 2. The Labute approximate surface area is 162 Å². The molecule has 0 aliphatic carbocycles. The van der Waals surface area contributed by atoms with Crippen molar-refractivity contribution in [3.63, 3.8) is 0 Å². The number of aliphatic hydroxyl groups excluding tert-OH is 1.